The number of fused-ring (bicyclic) bond motifs is 1. The molecule has 2 aromatic rings. The molecule has 4 nitrogen and oxygen atoms in total. The van der Waals surface area contributed by atoms with Crippen LogP contribution in [0.3, 0.4) is 0 Å². The van der Waals surface area contributed by atoms with Crippen LogP contribution in [0.25, 0.3) is 0 Å². The van der Waals surface area contributed by atoms with Gasteiger partial charge in [0, 0.05) is 18.5 Å². The number of halogens is 2. The molecular weight excluding hydrogens is 338 g/mol. The average molecular weight is 358 g/mol. The van der Waals surface area contributed by atoms with E-state index >= 15 is 0 Å². The number of hydrogen-bond donors (Lipinski definition) is 2. The molecule has 2 aliphatic rings. The zero-order chi connectivity index (χ0) is 18.1. The molecule has 0 spiro atoms. The fourth-order valence-corrected chi connectivity index (χ4v) is 3.23. The fourth-order valence-electron chi connectivity index (χ4n) is 3.23. The first kappa shape index (κ1) is 16.8. The molecule has 2 atom stereocenters. The minimum Gasteiger partial charge on any atom is -0.487 e. The number of amides is 2. The molecule has 1 fully saturated rings. The van der Waals surface area contributed by atoms with Crippen LogP contribution < -0.4 is 15.4 Å². The lowest BCUT2D eigenvalue weighted by Crippen LogP contribution is -2.39. The van der Waals surface area contributed by atoms with Crippen molar-refractivity contribution in [3.8, 4) is 5.75 Å². The maximum absolute atomic E-state index is 14.4. The number of urea groups is 1. The van der Waals surface area contributed by atoms with Crippen LogP contribution in [0.1, 0.15) is 35.6 Å². The van der Waals surface area contributed by atoms with Gasteiger partial charge in [0.15, 0.2) is 11.6 Å². The zero-order valence-electron chi connectivity index (χ0n) is 14.2. The van der Waals surface area contributed by atoms with E-state index in [-0.39, 0.29) is 24.8 Å². The quantitative estimate of drug-likeness (QED) is 0.854. The Hall–Kier alpha value is -2.63. The van der Waals surface area contributed by atoms with E-state index in [1.807, 2.05) is 24.3 Å². The predicted molar refractivity (Wildman–Crippen MR) is 93.2 cm³/mol. The van der Waals surface area contributed by atoms with E-state index in [0.717, 1.165) is 24.0 Å². The van der Waals surface area contributed by atoms with Gasteiger partial charge in [-0.25, -0.2) is 13.6 Å². The summed E-state index contributed by atoms with van der Waals surface area (Å²) in [6.45, 7) is 0.00481. The first-order valence-electron chi connectivity index (χ1n) is 8.82. The van der Waals surface area contributed by atoms with Gasteiger partial charge in [-0.05, 0) is 30.0 Å². The van der Waals surface area contributed by atoms with Gasteiger partial charge < -0.3 is 15.4 Å². The molecule has 0 radical (unpaired) electrons. The molecule has 0 aliphatic heterocycles. The summed E-state index contributed by atoms with van der Waals surface area (Å²) in [5.74, 6) is -0.255. The second-order valence-corrected chi connectivity index (χ2v) is 6.77. The fraction of sp³-hybridized carbons (Fsp3) is 0.350. The number of nitrogens with one attached hydrogen (secondary N) is 2. The molecule has 0 saturated heterocycles. The molecule has 0 unspecified atom stereocenters. The maximum Gasteiger partial charge on any atom is 0.315 e. The van der Waals surface area contributed by atoms with E-state index in [9.17, 15) is 13.6 Å². The molecule has 2 amide bonds. The molecule has 4 rings (SSSR count). The highest BCUT2D eigenvalue weighted by Crippen LogP contribution is 2.33. The summed E-state index contributed by atoms with van der Waals surface area (Å²) < 4.78 is 34.2. The number of carbonyl (C=O) groups is 1. The molecule has 26 heavy (non-hydrogen) atoms. The van der Waals surface area contributed by atoms with Crippen LogP contribution in [-0.2, 0) is 13.0 Å². The Kier molecular flexibility index (Phi) is 4.49. The third-order valence-corrected chi connectivity index (χ3v) is 4.75. The number of rotatable bonds is 5. The van der Waals surface area contributed by atoms with Crippen molar-refractivity contribution in [2.75, 3.05) is 0 Å². The third kappa shape index (κ3) is 3.49. The second-order valence-electron chi connectivity index (χ2n) is 6.77. The number of carbonyl (C=O) groups excluding carboxylic acids is 1. The Morgan fingerprint density at radius 3 is 2.77 bits per heavy atom. The van der Waals surface area contributed by atoms with Crippen LogP contribution in [0.5, 0.6) is 5.75 Å². The Morgan fingerprint density at radius 1 is 1.15 bits per heavy atom. The maximum atomic E-state index is 14.4. The highest BCUT2D eigenvalue weighted by atomic mass is 19.1. The summed E-state index contributed by atoms with van der Waals surface area (Å²) in [4.78, 5) is 12.2. The van der Waals surface area contributed by atoms with Crippen molar-refractivity contribution in [1.82, 2.24) is 10.6 Å². The third-order valence-electron chi connectivity index (χ3n) is 4.75. The molecule has 0 aromatic heterocycles. The van der Waals surface area contributed by atoms with Crippen LogP contribution in [-0.4, -0.2) is 18.3 Å². The minimum atomic E-state index is -1.16. The molecule has 2 aromatic carbocycles. The summed E-state index contributed by atoms with van der Waals surface area (Å²) in [5, 5.41) is 5.25. The first-order valence-corrected chi connectivity index (χ1v) is 8.82. The number of alkyl halides is 1. The molecule has 0 bridgehead atoms. The van der Waals surface area contributed by atoms with Crippen LogP contribution in [0.2, 0.25) is 0 Å². The van der Waals surface area contributed by atoms with E-state index < -0.39 is 24.1 Å². The molecular formula is C20H20F2N2O2. The zero-order valence-corrected chi connectivity index (χ0v) is 14.2. The molecule has 136 valence electrons. The first-order chi connectivity index (χ1) is 12.6. The van der Waals surface area contributed by atoms with E-state index in [1.165, 1.54) is 0 Å². The minimum absolute atomic E-state index is 0.00481. The lowest BCUT2D eigenvalue weighted by molar-refractivity contribution is 0.221. The van der Waals surface area contributed by atoms with Crippen molar-refractivity contribution in [2.24, 2.45) is 0 Å². The normalized spacial score (nSPS) is 21.2. The van der Waals surface area contributed by atoms with Gasteiger partial charge in [-0.15, -0.1) is 0 Å². The number of ether oxygens (including phenoxy) is 1. The average Bonchev–Trinajstić information content (AvgIpc) is 3.39. The van der Waals surface area contributed by atoms with Gasteiger partial charge in [0.1, 0.15) is 6.17 Å². The lowest BCUT2D eigenvalue weighted by atomic mass is 10.1. The molecule has 2 N–H and O–H groups in total. The van der Waals surface area contributed by atoms with Crippen LogP contribution in [0, 0.1) is 5.82 Å². The summed E-state index contributed by atoms with van der Waals surface area (Å²) in [6, 6.07) is 11.0. The van der Waals surface area contributed by atoms with Gasteiger partial charge in [-0.3, -0.25) is 0 Å². The van der Waals surface area contributed by atoms with Crippen molar-refractivity contribution in [3.63, 3.8) is 0 Å². The highest BCUT2D eigenvalue weighted by molar-refractivity contribution is 5.74. The van der Waals surface area contributed by atoms with E-state index in [1.54, 1.807) is 18.2 Å². The topological polar surface area (TPSA) is 50.4 Å². The Morgan fingerprint density at radius 2 is 1.96 bits per heavy atom. The van der Waals surface area contributed by atoms with Gasteiger partial charge in [0.05, 0.1) is 12.1 Å². The Bertz CT molecular complexity index is 823. The lowest BCUT2D eigenvalue weighted by Gasteiger charge is -2.17. The van der Waals surface area contributed by atoms with Crippen molar-refractivity contribution in [1.29, 1.82) is 0 Å². The number of benzene rings is 2. The van der Waals surface area contributed by atoms with E-state index in [4.69, 9.17) is 4.74 Å². The van der Waals surface area contributed by atoms with Crippen molar-refractivity contribution in [2.45, 2.75) is 44.1 Å². The summed E-state index contributed by atoms with van der Waals surface area (Å²) in [5.41, 5.74) is 2.03. The standard InChI is InChI=1S/C20H20F2N2O2/c21-16-10-12-4-1-2-6-15(12)19(16)24-20(25)23-11-13-5-3-7-17(18(13)22)26-14-8-9-14/h1-7,14,16,19H,8-11H2,(H2,23,24,25)/t16-,19+/m1/s1. The van der Waals surface area contributed by atoms with Crippen molar-refractivity contribution < 1.29 is 18.3 Å². The SMILES string of the molecule is O=C(NCc1cccc(OC2CC2)c1F)N[C@H]1c2ccccc2C[C@H]1F. The van der Waals surface area contributed by atoms with Crippen LogP contribution in [0.15, 0.2) is 42.5 Å². The van der Waals surface area contributed by atoms with Gasteiger partial charge >= 0.3 is 6.03 Å². The summed E-state index contributed by atoms with van der Waals surface area (Å²) in [6.07, 6.45) is 1.11. The Balaban J connectivity index is 1.37. The highest BCUT2D eigenvalue weighted by Gasteiger charge is 2.33. The van der Waals surface area contributed by atoms with Gasteiger partial charge in [0.2, 0.25) is 0 Å². The molecule has 6 heteroatoms. The van der Waals surface area contributed by atoms with Crippen molar-refractivity contribution >= 4 is 6.03 Å². The number of hydrogen-bond acceptors (Lipinski definition) is 2. The van der Waals surface area contributed by atoms with Gasteiger partial charge in [-0.2, -0.15) is 0 Å². The van der Waals surface area contributed by atoms with Crippen LogP contribution >= 0.6 is 0 Å². The smallest absolute Gasteiger partial charge is 0.315 e. The Labute approximate surface area is 150 Å². The second kappa shape index (κ2) is 6.94. The monoisotopic (exact) mass is 358 g/mol. The van der Waals surface area contributed by atoms with Crippen LogP contribution in [0.4, 0.5) is 13.6 Å². The largest absolute Gasteiger partial charge is 0.487 e. The van der Waals surface area contributed by atoms with Gasteiger partial charge in [0.25, 0.3) is 0 Å². The van der Waals surface area contributed by atoms with Gasteiger partial charge in [-0.1, -0.05) is 36.4 Å². The molecule has 1 saturated carbocycles. The predicted octanol–water partition coefficient (Wildman–Crippen LogP) is 3.80. The van der Waals surface area contributed by atoms with Crippen molar-refractivity contribution in [3.05, 3.63) is 65.0 Å². The van der Waals surface area contributed by atoms with E-state index in [0.29, 0.717) is 5.56 Å². The molecule has 0 heterocycles. The summed E-state index contributed by atoms with van der Waals surface area (Å²) in [7, 11) is 0. The molecule has 2 aliphatic carbocycles. The van der Waals surface area contributed by atoms with E-state index in [2.05, 4.69) is 10.6 Å². The summed E-state index contributed by atoms with van der Waals surface area (Å²) >= 11 is 0.